The Kier molecular flexibility index (Phi) is 3.92. The first kappa shape index (κ1) is 13.6. The number of amides is 3. The van der Waals surface area contributed by atoms with Crippen molar-refractivity contribution >= 4 is 17.9 Å². The van der Waals surface area contributed by atoms with Gasteiger partial charge >= 0.3 is 12.0 Å². The Labute approximate surface area is 111 Å². The fourth-order valence-electron chi connectivity index (χ4n) is 2.01. The van der Waals surface area contributed by atoms with E-state index in [-0.39, 0.29) is 30.3 Å². The van der Waals surface area contributed by atoms with Crippen LogP contribution in [-0.2, 0) is 9.59 Å². The Balaban J connectivity index is 1.67. The first-order chi connectivity index (χ1) is 8.95. The van der Waals surface area contributed by atoms with Crippen molar-refractivity contribution in [2.75, 3.05) is 13.1 Å². The van der Waals surface area contributed by atoms with Crippen molar-refractivity contribution in [3.05, 3.63) is 0 Å². The van der Waals surface area contributed by atoms with Crippen molar-refractivity contribution in [2.45, 2.75) is 38.3 Å². The number of hydrogen-bond donors (Lipinski definition) is 3. The summed E-state index contributed by atoms with van der Waals surface area (Å²) >= 11 is 0. The minimum atomic E-state index is -0.845. The van der Waals surface area contributed by atoms with E-state index in [1.54, 1.807) is 6.92 Å². The smallest absolute Gasteiger partial charge is 0.318 e. The van der Waals surface area contributed by atoms with Crippen LogP contribution >= 0.6 is 0 Å². The molecule has 1 atom stereocenters. The number of carboxylic acids is 1. The van der Waals surface area contributed by atoms with Crippen LogP contribution in [0, 0.1) is 5.92 Å². The Morgan fingerprint density at radius 1 is 1.32 bits per heavy atom. The molecule has 1 unspecified atom stereocenters. The van der Waals surface area contributed by atoms with Crippen LogP contribution < -0.4 is 10.6 Å². The van der Waals surface area contributed by atoms with E-state index in [1.807, 2.05) is 0 Å². The standard InChI is InChI=1S/C12H19N3O4/c1-7(11(18)14-9-2-3-9)13-12(19)15-5-8(6-15)4-10(16)17/h7-9H,2-6H2,1H3,(H,13,19)(H,14,18)(H,16,17). The molecule has 1 heterocycles. The predicted molar refractivity (Wildman–Crippen MR) is 66.5 cm³/mol. The van der Waals surface area contributed by atoms with Gasteiger partial charge in [-0.2, -0.15) is 0 Å². The van der Waals surface area contributed by atoms with E-state index in [0.29, 0.717) is 13.1 Å². The highest BCUT2D eigenvalue weighted by molar-refractivity contribution is 5.87. The number of carboxylic acid groups (broad SMARTS) is 1. The Morgan fingerprint density at radius 3 is 2.47 bits per heavy atom. The van der Waals surface area contributed by atoms with Crippen molar-refractivity contribution < 1.29 is 19.5 Å². The van der Waals surface area contributed by atoms with Gasteiger partial charge in [-0.15, -0.1) is 0 Å². The molecule has 3 N–H and O–H groups in total. The predicted octanol–water partition coefficient (Wildman–Crippen LogP) is -0.230. The van der Waals surface area contributed by atoms with Gasteiger partial charge < -0.3 is 20.6 Å². The fourth-order valence-corrected chi connectivity index (χ4v) is 2.01. The molecule has 19 heavy (non-hydrogen) atoms. The molecule has 3 amide bonds. The number of nitrogens with one attached hydrogen (secondary N) is 2. The van der Waals surface area contributed by atoms with Crippen LogP contribution in [0.3, 0.4) is 0 Å². The molecule has 106 valence electrons. The van der Waals surface area contributed by atoms with Gasteiger partial charge in [-0.25, -0.2) is 4.79 Å². The molecule has 0 radical (unpaired) electrons. The number of rotatable bonds is 5. The molecule has 7 heteroatoms. The monoisotopic (exact) mass is 269 g/mol. The third kappa shape index (κ3) is 3.84. The van der Waals surface area contributed by atoms with Gasteiger partial charge in [-0.05, 0) is 19.8 Å². The lowest BCUT2D eigenvalue weighted by Gasteiger charge is -2.38. The van der Waals surface area contributed by atoms with Gasteiger partial charge in [0.2, 0.25) is 5.91 Å². The first-order valence-corrected chi connectivity index (χ1v) is 6.53. The van der Waals surface area contributed by atoms with Gasteiger partial charge in [0.1, 0.15) is 6.04 Å². The number of urea groups is 1. The van der Waals surface area contributed by atoms with Gasteiger partial charge in [-0.1, -0.05) is 0 Å². The Morgan fingerprint density at radius 2 is 1.95 bits per heavy atom. The second-order valence-corrected chi connectivity index (χ2v) is 5.32. The largest absolute Gasteiger partial charge is 0.481 e. The molecule has 1 saturated heterocycles. The average Bonchev–Trinajstić information content (AvgIpc) is 3.05. The number of nitrogens with zero attached hydrogens (tertiary/aromatic N) is 1. The quantitative estimate of drug-likeness (QED) is 0.642. The number of hydrogen-bond acceptors (Lipinski definition) is 3. The highest BCUT2D eigenvalue weighted by Crippen LogP contribution is 2.20. The molecular weight excluding hydrogens is 250 g/mol. The SMILES string of the molecule is CC(NC(=O)N1CC(CC(=O)O)C1)C(=O)NC1CC1. The summed E-state index contributed by atoms with van der Waals surface area (Å²) in [5.74, 6) is -0.987. The normalized spacial score (nSPS) is 20.4. The number of carbonyl (C=O) groups is 3. The van der Waals surface area contributed by atoms with Crippen molar-refractivity contribution in [3.63, 3.8) is 0 Å². The number of carbonyl (C=O) groups excluding carboxylic acids is 2. The van der Waals surface area contributed by atoms with Gasteiger partial charge in [0, 0.05) is 25.0 Å². The molecule has 1 aliphatic heterocycles. The summed E-state index contributed by atoms with van der Waals surface area (Å²) in [5, 5.41) is 14.0. The maximum atomic E-state index is 11.8. The van der Waals surface area contributed by atoms with Gasteiger partial charge in [0.05, 0.1) is 6.42 Å². The zero-order chi connectivity index (χ0) is 14.0. The highest BCUT2D eigenvalue weighted by Gasteiger charge is 2.33. The summed E-state index contributed by atoms with van der Waals surface area (Å²) in [4.78, 5) is 35.4. The van der Waals surface area contributed by atoms with Crippen LogP contribution in [-0.4, -0.2) is 53.1 Å². The topological polar surface area (TPSA) is 98.7 Å². The summed E-state index contributed by atoms with van der Waals surface area (Å²) in [7, 11) is 0. The number of likely N-dealkylation sites (tertiary alicyclic amines) is 1. The first-order valence-electron chi connectivity index (χ1n) is 6.53. The van der Waals surface area contributed by atoms with E-state index in [1.165, 1.54) is 4.90 Å². The zero-order valence-corrected chi connectivity index (χ0v) is 10.9. The van der Waals surface area contributed by atoms with Crippen molar-refractivity contribution in [2.24, 2.45) is 5.92 Å². The van der Waals surface area contributed by atoms with Crippen molar-refractivity contribution in [1.82, 2.24) is 15.5 Å². The molecule has 0 bridgehead atoms. The molecule has 0 aromatic carbocycles. The Hall–Kier alpha value is -1.79. The minimum absolute atomic E-state index is 0.0267. The van der Waals surface area contributed by atoms with Crippen molar-refractivity contribution in [3.8, 4) is 0 Å². The van der Waals surface area contributed by atoms with E-state index in [0.717, 1.165) is 12.8 Å². The van der Waals surface area contributed by atoms with E-state index in [9.17, 15) is 14.4 Å². The molecule has 0 aromatic rings. The van der Waals surface area contributed by atoms with Crippen LogP contribution in [0.15, 0.2) is 0 Å². The molecule has 2 rings (SSSR count). The lowest BCUT2D eigenvalue weighted by atomic mass is 9.97. The lowest BCUT2D eigenvalue weighted by Crippen LogP contribution is -2.57. The second kappa shape index (κ2) is 5.46. The molecule has 0 spiro atoms. The van der Waals surface area contributed by atoms with Crippen LogP contribution in [0.4, 0.5) is 4.79 Å². The third-order valence-electron chi connectivity index (χ3n) is 3.36. The highest BCUT2D eigenvalue weighted by atomic mass is 16.4. The summed E-state index contributed by atoms with van der Waals surface area (Å²) < 4.78 is 0. The van der Waals surface area contributed by atoms with E-state index < -0.39 is 12.0 Å². The Bertz CT molecular complexity index is 388. The molecule has 1 aliphatic carbocycles. The summed E-state index contributed by atoms with van der Waals surface area (Å²) in [6.07, 6.45) is 2.10. The summed E-state index contributed by atoms with van der Waals surface area (Å²) in [6.45, 7) is 2.52. The molecule has 2 aliphatic rings. The zero-order valence-electron chi connectivity index (χ0n) is 10.9. The maximum absolute atomic E-state index is 11.8. The van der Waals surface area contributed by atoms with E-state index >= 15 is 0 Å². The van der Waals surface area contributed by atoms with Gasteiger partial charge in [0.15, 0.2) is 0 Å². The van der Waals surface area contributed by atoms with Gasteiger partial charge in [-0.3, -0.25) is 9.59 Å². The van der Waals surface area contributed by atoms with Crippen molar-refractivity contribution in [1.29, 1.82) is 0 Å². The third-order valence-corrected chi connectivity index (χ3v) is 3.36. The molecule has 0 aromatic heterocycles. The van der Waals surface area contributed by atoms with E-state index in [2.05, 4.69) is 10.6 Å². The molecular formula is C12H19N3O4. The van der Waals surface area contributed by atoms with Crippen LogP contribution in [0.25, 0.3) is 0 Å². The fraction of sp³-hybridized carbons (Fsp3) is 0.750. The molecule has 2 fully saturated rings. The average molecular weight is 269 g/mol. The summed E-state index contributed by atoms with van der Waals surface area (Å²) in [5.41, 5.74) is 0. The minimum Gasteiger partial charge on any atom is -0.481 e. The van der Waals surface area contributed by atoms with Crippen LogP contribution in [0.2, 0.25) is 0 Å². The maximum Gasteiger partial charge on any atom is 0.318 e. The molecule has 7 nitrogen and oxygen atoms in total. The van der Waals surface area contributed by atoms with Gasteiger partial charge in [0.25, 0.3) is 0 Å². The molecule has 1 saturated carbocycles. The van der Waals surface area contributed by atoms with E-state index in [4.69, 9.17) is 5.11 Å². The summed E-state index contributed by atoms with van der Waals surface area (Å²) in [6, 6.07) is -0.595. The second-order valence-electron chi connectivity index (χ2n) is 5.32. The van der Waals surface area contributed by atoms with Crippen LogP contribution in [0.1, 0.15) is 26.2 Å². The van der Waals surface area contributed by atoms with Crippen LogP contribution in [0.5, 0.6) is 0 Å². The number of aliphatic carboxylic acids is 1. The lowest BCUT2D eigenvalue weighted by molar-refractivity contribution is -0.139.